The van der Waals surface area contributed by atoms with Crippen molar-refractivity contribution in [1.29, 1.82) is 0 Å². The van der Waals surface area contributed by atoms with Crippen LogP contribution in [0.3, 0.4) is 0 Å². The fourth-order valence-corrected chi connectivity index (χ4v) is 4.62. The van der Waals surface area contributed by atoms with Crippen molar-refractivity contribution < 1.29 is 0 Å². The van der Waals surface area contributed by atoms with Gasteiger partial charge in [0.25, 0.3) is 0 Å². The molecule has 2 saturated heterocycles. The van der Waals surface area contributed by atoms with Gasteiger partial charge in [-0.2, -0.15) is 0 Å². The second-order valence-corrected chi connectivity index (χ2v) is 7.32. The molecular formula is C14H22ClN3S. The molecule has 2 atom stereocenters. The summed E-state index contributed by atoms with van der Waals surface area (Å²) in [5.41, 5.74) is 6.00. The first-order valence-corrected chi connectivity index (χ1v) is 8.41. The summed E-state index contributed by atoms with van der Waals surface area (Å²) in [6, 6.07) is 5.21. The molecule has 0 radical (unpaired) electrons. The quantitative estimate of drug-likeness (QED) is 0.927. The second-order valence-electron chi connectivity index (χ2n) is 5.57. The Kier molecular flexibility index (Phi) is 4.44. The lowest BCUT2D eigenvalue weighted by atomic mass is 10.2. The van der Waals surface area contributed by atoms with Crippen LogP contribution in [-0.4, -0.2) is 48.6 Å². The molecule has 5 heteroatoms. The van der Waals surface area contributed by atoms with Crippen LogP contribution in [0.1, 0.15) is 30.2 Å². The zero-order chi connectivity index (χ0) is 13.2. The predicted octanol–water partition coefficient (Wildman–Crippen LogP) is 2.57. The van der Waals surface area contributed by atoms with E-state index in [0.29, 0.717) is 12.6 Å². The van der Waals surface area contributed by atoms with E-state index in [4.69, 9.17) is 17.3 Å². The summed E-state index contributed by atoms with van der Waals surface area (Å²) in [5.74, 6) is 0. The normalized spacial score (nSPS) is 27.2. The van der Waals surface area contributed by atoms with Crippen LogP contribution in [0.5, 0.6) is 0 Å². The number of thiophene rings is 1. The number of likely N-dealkylation sites (tertiary alicyclic amines) is 2. The Hall–Kier alpha value is -0.130. The average Bonchev–Trinajstić information content (AvgIpc) is 3.10. The van der Waals surface area contributed by atoms with Crippen molar-refractivity contribution in [1.82, 2.24) is 9.80 Å². The van der Waals surface area contributed by atoms with Gasteiger partial charge in [0.15, 0.2) is 0 Å². The minimum Gasteiger partial charge on any atom is -0.329 e. The molecule has 2 aliphatic rings. The van der Waals surface area contributed by atoms with Crippen molar-refractivity contribution in [2.24, 2.45) is 5.73 Å². The highest BCUT2D eigenvalue weighted by Crippen LogP contribution is 2.33. The summed E-state index contributed by atoms with van der Waals surface area (Å²) < 4.78 is 0.865. The minimum absolute atomic E-state index is 0.352. The molecule has 0 amide bonds. The third-order valence-electron chi connectivity index (χ3n) is 4.44. The first-order chi connectivity index (χ1) is 9.28. The van der Waals surface area contributed by atoms with E-state index in [-0.39, 0.29) is 0 Å². The lowest BCUT2D eigenvalue weighted by molar-refractivity contribution is 0.204. The van der Waals surface area contributed by atoms with Crippen molar-refractivity contribution in [3.8, 4) is 0 Å². The summed E-state index contributed by atoms with van der Waals surface area (Å²) in [5, 5.41) is 0. The van der Waals surface area contributed by atoms with Gasteiger partial charge in [0.1, 0.15) is 0 Å². The predicted molar refractivity (Wildman–Crippen MR) is 81.9 cm³/mol. The Bertz CT molecular complexity index is 417. The molecule has 106 valence electrons. The summed E-state index contributed by atoms with van der Waals surface area (Å²) in [6.45, 7) is 5.59. The first-order valence-electron chi connectivity index (χ1n) is 7.21. The van der Waals surface area contributed by atoms with E-state index in [9.17, 15) is 0 Å². The Morgan fingerprint density at radius 1 is 1.32 bits per heavy atom. The summed E-state index contributed by atoms with van der Waals surface area (Å²) in [6.07, 6.45) is 4.03. The van der Waals surface area contributed by atoms with Crippen molar-refractivity contribution in [2.75, 3.05) is 32.7 Å². The average molecular weight is 300 g/mol. The van der Waals surface area contributed by atoms with Crippen LogP contribution >= 0.6 is 22.9 Å². The van der Waals surface area contributed by atoms with E-state index in [1.54, 1.807) is 11.3 Å². The van der Waals surface area contributed by atoms with Gasteiger partial charge in [0, 0.05) is 30.6 Å². The van der Waals surface area contributed by atoms with Crippen LogP contribution in [-0.2, 0) is 0 Å². The number of rotatable bonds is 4. The van der Waals surface area contributed by atoms with Crippen LogP contribution in [0.4, 0.5) is 0 Å². The van der Waals surface area contributed by atoms with Crippen molar-refractivity contribution in [3.05, 3.63) is 21.3 Å². The molecule has 0 bridgehead atoms. The van der Waals surface area contributed by atoms with E-state index < -0.39 is 0 Å². The van der Waals surface area contributed by atoms with Crippen molar-refractivity contribution in [2.45, 2.75) is 31.3 Å². The fraction of sp³-hybridized carbons (Fsp3) is 0.714. The molecular weight excluding hydrogens is 278 g/mol. The van der Waals surface area contributed by atoms with Crippen LogP contribution in [0.2, 0.25) is 4.34 Å². The molecule has 2 N–H and O–H groups in total. The van der Waals surface area contributed by atoms with Crippen molar-refractivity contribution >= 4 is 22.9 Å². The molecule has 1 aromatic rings. The number of halogens is 1. The molecule has 2 fully saturated rings. The molecule has 2 aliphatic heterocycles. The highest BCUT2D eigenvalue weighted by Gasteiger charge is 2.33. The standard InChI is InChI=1S/C14H22ClN3S/c15-14-4-3-13(19-14)12(9-16)18-8-5-11(10-18)17-6-1-2-7-17/h3-4,11-12H,1-2,5-10,16H2. The van der Waals surface area contributed by atoms with E-state index in [1.807, 2.05) is 6.07 Å². The highest BCUT2D eigenvalue weighted by atomic mass is 35.5. The van der Waals surface area contributed by atoms with Gasteiger partial charge in [-0.25, -0.2) is 0 Å². The van der Waals surface area contributed by atoms with Gasteiger partial charge in [-0.15, -0.1) is 11.3 Å². The van der Waals surface area contributed by atoms with Gasteiger partial charge in [-0.1, -0.05) is 11.6 Å². The van der Waals surface area contributed by atoms with Crippen LogP contribution < -0.4 is 5.73 Å². The molecule has 3 nitrogen and oxygen atoms in total. The molecule has 3 rings (SSSR count). The highest BCUT2D eigenvalue weighted by molar-refractivity contribution is 7.16. The zero-order valence-electron chi connectivity index (χ0n) is 11.2. The molecule has 0 spiro atoms. The molecule has 0 aromatic carbocycles. The SMILES string of the molecule is NCC(c1ccc(Cl)s1)N1CCC(N2CCCC2)C1. The van der Waals surface area contributed by atoms with Crippen LogP contribution in [0.25, 0.3) is 0 Å². The molecule has 2 unspecified atom stereocenters. The molecule has 0 saturated carbocycles. The second kappa shape index (κ2) is 6.10. The van der Waals surface area contributed by atoms with E-state index in [2.05, 4.69) is 15.9 Å². The topological polar surface area (TPSA) is 32.5 Å². The largest absolute Gasteiger partial charge is 0.329 e. The van der Waals surface area contributed by atoms with Crippen LogP contribution in [0.15, 0.2) is 12.1 Å². The van der Waals surface area contributed by atoms with E-state index in [1.165, 1.54) is 43.8 Å². The Labute approximate surface area is 124 Å². The number of nitrogens with two attached hydrogens (primary N) is 1. The van der Waals surface area contributed by atoms with E-state index in [0.717, 1.165) is 16.9 Å². The van der Waals surface area contributed by atoms with E-state index >= 15 is 0 Å². The molecule has 3 heterocycles. The van der Waals surface area contributed by atoms with Gasteiger partial charge in [0.05, 0.1) is 10.4 Å². The Balaban J connectivity index is 1.65. The Morgan fingerprint density at radius 2 is 2.11 bits per heavy atom. The van der Waals surface area contributed by atoms with Gasteiger partial charge < -0.3 is 5.73 Å². The smallest absolute Gasteiger partial charge is 0.0931 e. The molecule has 1 aromatic heterocycles. The maximum Gasteiger partial charge on any atom is 0.0931 e. The van der Waals surface area contributed by atoms with Crippen molar-refractivity contribution in [3.63, 3.8) is 0 Å². The maximum atomic E-state index is 6.05. The minimum atomic E-state index is 0.352. The molecule has 19 heavy (non-hydrogen) atoms. The van der Waals surface area contributed by atoms with Gasteiger partial charge in [-0.3, -0.25) is 9.80 Å². The number of hydrogen-bond acceptors (Lipinski definition) is 4. The van der Waals surface area contributed by atoms with Gasteiger partial charge in [0.2, 0.25) is 0 Å². The first kappa shape index (κ1) is 13.8. The third kappa shape index (κ3) is 2.98. The lowest BCUT2D eigenvalue weighted by Gasteiger charge is -2.28. The fourth-order valence-electron chi connectivity index (χ4n) is 3.41. The third-order valence-corrected chi connectivity index (χ3v) is 5.77. The summed E-state index contributed by atoms with van der Waals surface area (Å²) in [7, 11) is 0. The van der Waals surface area contributed by atoms with Gasteiger partial charge >= 0.3 is 0 Å². The van der Waals surface area contributed by atoms with Crippen LogP contribution in [0, 0.1) is 0 Å². The molecule has 0 aliphatic carbocycles. The lowest BCUT2D eigenvalue weighted by Crippen LogP contribution is -2.37. The maximum absolute atomic E-state index is 6.05. The Morgan fingerprint density at radius 3 is 2.74 bits per heavy atom. The number of nitrogens with zero attached hydrogens (tertiary/aromatic N) is 2. The zero-order valence-corrected chi connectivity index (χ0v) is 12.8. The number of hydrogen-bond donors (Lipinski definition) is 1. The summed E-state index contributed by atoms with van der Waals surface area (Å²) in [4.78, 5) is 6.52. The monoisotopic (exact) mass is 299 g/mol. The summed E-state index contributed by atoms with van der Waals surface area (Å²) >= 11 is 7.72. The van der Waals surface area contributed by atoms with Gasteiger partial charge in [-0.05, 0) is 44.5 Å².